The molecule has 0 aromatic carbocycles. The number of nitrogens with one attached hydrogen (secondary N) is 1. The molecule has 0 aromatic heterocycles. The Morgan fingerprint density at radius 1 is 1.63 bits per heavy atom. The number of hydrogen-bond donors (Lipinski definition) is 3. The maximum atomic E-state index is 10.6. The summed E-state index contributed by atoms with van der Waals surface area (Å²) in [6.07, 6.45) is 12.3. The lowest BCUT2D eigenvalue weighted by Crippen LogP contribution is -2.49. The second-order valence-corrected chi connectivity index (χ2v) is 5.40. The van der Waals surface area contributed by atoms with Crippen molar-refractivity contribution >= 4 is 5.97 Å². The van der Waals surface area contributed by atoms with E-state index in [9.17, 15) is 4.79 Å². The van der Waals surface area contributed by atoms with E-state index in [4.69, 9.17) is 10.8 Å². The first-order valence-electron chi connectivity index (χ1n) is 6.86. The Kier molecular flexibility index (Phi) is 4.56. The molecule has 0 aliphatic heterocycles. The van der Waals surface area contributed by atoms with E-state index in [2.05, 4.69) is 23.5 Å². The second kappa shape index (κ2) is 6.17. The first-order valence-corrected chi connectivity index (χ1v) is 6.86. The summed E-state index contributed by atoms with van der Waals surface area (Å²) in [5.41, 5.74) is 7.45. The topological polar surface area (TPSA) is 75.3 Å². The van der Waals surface area contributed by atoms with Gasteiger partial charge < -0.3 is 16.2 Å². The molecule has 0 spiro atoms. The second-order valence-electron chi connectivity index (χ2n) is 5.40. The van der Waals surface area contributed by atoms with Gasteiger partial charge in [0, 0.05) is 30.5 Å². The Morgan fingerprint density at radius 2 is 2.42 bits per heavy atom. The van der Waals surface area contributed by atoms with Gasteiger partial charge in [-0.05, 0) is 25.3 Å². The molecule has 0 saturated carbocycles. The van der Waals surface area contributed by atoms with Gasteiger partial charge >= 0.3 is 5.97 Å². The van der Waals surface area contributed by atoms with Crippen molar-refractivity contribution in [2.75, 3.05) is 0 Å². The lowest BCUT2D eigenvalue weighted by molar-refractivity contribution is -0.137. The van der Waals surface area contributed by atoms with Crippen LogP contribution in [0.1, 0.15) is 26.2 Å². The van der Waals surface area contributed by atoms with E-state index >= 15 is 0 Å². The van der Waals surface area contributed by atoms with Crippen molar-refractivity contribution in [1.82, 2.24) is 5.32 Å². The average Bonchev–Trinajstić information content (AvgIpc) is 2.37. The minimum Gasteiger partial charge on any atom is -0.481 e. The Bertz CT molecular complexity index is 426. The molecule has 0 aromatic rings. The summed E-state index contributed by atoms with van der Waals surface area (Å²) in [7, 11) is 0. The third-order valence-corrected chi connectivity index (χ3v) is 3.85. The van der Waals surface area contributed by atoms with Gasteiger partial charge in [-0.15, -0.1) is 0 Å². The summed E-state index contributed by atoms with van der Waals surface area (Å²) in [6.45, 7) is 2.04. The van der Waals surface area contributed by atoms with Crippen LogP contribution >= 0.6 is 0 Å². The molecule has 4 heteroatoms. The zero-order valence-corrected chi connectivity index (χ0v) is 11.3. The molecule has 2 aliphatic rings. The van der Waals surface area contributed by atoms with Gasteiger partial charge in [0.25, 0.3) is 0 Å². The van der Waals surface area contributed by atoms with Crippen molar-refractivity contribution in [3.8, 4) is 0 Å². The Labute approximate surface area is 114 Å². The fourth-order valence-corrected chi connectivity index (χ4v) is 2.87. The molecule has 4 N–H and O–H groups in total. The Balaban J connectivity index is 1.97. The highest BCUT2D eigenvalue weighted by atomic mass is 16.4. The fourth-order valence-electron chi connectivity index (χ4n) is 2.87. The first-order chi connectivity index (χ1) is 9.08. The molecule has 0 radical (unpaired) electrons. The van der Waals surface area contributed by atoms with Gasteiger partial charge in [0.1, 0.15) is 0 Å². The molecule has 104 valence electrons. The molecule has 0 amide bonds. The van der Waals surface area contributed by atoms with Gasteiger partial charge in [0.2, 0.25) is 0 Å². The van der Waals surface area contributed by atoms with Crippen molar-refractivity contribution in [1.29, 1.82) is 0 Å². The number of allylic oxidation sites excluding steroid dienone is 3. The third kappa shape index (κ3) is 3.55. The van der Waals surface area contributed by atoms with Crippen LogP contribution in [0, 0.1) is 5.92 Å². The molecule has 0 fully saturated rings. The molecule has 2 rings (SSSR count). The van der Waals surface area contributed by atoms with Gasteiger partial charge in [-0.25, -0.2) is 0 Å². The van der Waals surface area contributed by atoms with Crippen molar-refractivity contribution in [2.24, 2.45) is 11.7 Å². The van der Waals surface area contributed by atoms with Crippen LogP contribution in [0.2, 0.25) is 0 Å². The summed E-state index contributed by atoms with van der Waals surface area (Å²) in [6, 6.07) is 0.515. The summed E-state index contributed by atoms with van der Waals surface area (Å²) in [4.78, 5) is 10.6. The highest BCUT2D eigenvalue weighted by Crippen LogP contribution is 2.30. The molecule has 0 heterocycles. The lowest BCUT2D eigenvalue weighted by Gasteiger charge is -2.37. The number of hydrogen-bond acceptors (Lipinski definition) is 3. The quantitative estimate of drug-likeness (QED) is 0.703. The molecule has 4 nitrogen and oxygen atoms in total. The Morgan fingerprint density at radius 3 is 3.16 bits per heavy atom. The average molecular weight is 262 g/mol. The number of fused-ring (bicyclic) bond motifs is 1. The number of aliphatic carboxylic acids is 1. The number of carbonyl (C=O) groups is 1. The van der Waals surface area contributed by atoms with Gasteiger partial charge in [-0.3, -0.25) is 4.79 Å². The SMILES string of the molecule is CC(CCC(=O)O)NC1CC=CC2=CC=CC(N)C21. The normalized spacial score (nSPS) is 30.6. The van der Waals surface area contributed by atoms with Gasteiger partial charge in [-0.1, -0.05) is 30.4 Å². The maximum absolute atomic E-state index is 10.6. The van der Waals surface area contributed by atoms with Crippen LogP contribution in [0.4, 0.5) is 0 Å². The first kappa shape index (κ1) is 14.0. The van der Waals surface area contributed by atoms with E-state index in [0.29, 0.717) is 18.4 Å². The number of carboxylic acid groups (broad SMARTS) is 1. The molecule has 0 bridgehead atoms. The molecule has 2 aliphatic carbocycles. The van der Waals surface area contributed by atoms with Gasteiger partial charge in [0.15, 0.2) is 0 Å². The Hall–Kier alpha value is -1.39. The van der Waals surface area contributed by atoms with Crippen LogP contribution in [0.25, 0.3) is 0 Å². The van der Waals surface area contributed by atoms with Gasteiger partial charge in [-0.2, -0.15) is 0 Å². The summed E-state index contributed by atoms with van der Waals surface area (Å²) in [5, 5.41) is 12.3. The van der Waals surface area contributed by atoms with Crippen LogP contribution in [-0.4, -0.2) is 29.2 Å². The molecular weight excluding hydrogens is 240 g/mol. The van der Waals surface area contributed by atoms with E-state index in [1.807, 2.05) is 19.1 Å². The van der Waals surface area contributed by atoms with E-state index < -0.39 is 5.97 Å². The fraction of sp³-hybridized carbons (Fsp3) is 0.533. The predicted octanol–water partition coefficient (Wildman–Crippen LogP) is 1.60. The largest absolute Gasteiger partial charge is 0.481 e. The summed E-state index contributed by atoms with van der Waals surface area (Å²) >= 11 is 0. The smallest absolute Gasteiger partial charge is 0.303 e. The zero-order valence-electron chi connectivity index (χ0n) is 11.3. The molecule has 4 atom stereocenters. The summed E-state index contributed by atoms with van der Waals surface area (Å²) < 4.78 is 0. The minimum absolute atomic E-state index is 0.0362. The maximum Gasteiger partial charge on any atom is 0.303 e. The van der Waals surface area contributed by atoms with Crippen LogP contribution in [0.5, 0.6) is 0 Å². The highest BCUT2D eigenvalue weighted by molar-refractivity contribution is 5.66. The van der Waals surface area contributed by atoms with Crippen molar-refractivity contribution in [2.45, 2.75) is 44.3 Å². The molecule has 0 saturated heterocycles. The standard InChI is InChI=1S/C15H22N2O2/c1-10(8-9-14(18)19)17-13-7-3-5-11-4-2-6-12(16)15(11)13/h2-6,10,12-13,15,17H,7-9,16H2,1H3,(H,18,19). The molecular formula is C15H22N2O2. The predicted molar refractivity (Wildman–Crippen MR) is 75.7 cm³/mol. The van der Waals surface area contributed by atoms with E-state index in [-0.39, 0.29) is 18.5 Å². The van der Waals surface area contributed by atoms with E-state index in [1.54, 1.807) is 0 Å². The number of carboxylic acids is 1. The van der Waals surface area contributed by atoms with Crippen LogP contribution in [0.15, 0.2) is 36.0 Å². The number of rotatable bonds is 5. The summed E-state index contributed by atoms with van der Waals surface area (Å²) in [5.74, 6) is -0.447. The van der Waals surface area contributed by atoms with E-state index in [0.717, 1.165) is 6.42 Å². The van der Waals surface area contributed by atoms with E-state index in [1.165, 1.54) is 5.57 Å². The van der Waals surface area contributed by atoms with Crippen molar-refractivity contribution < 1.29 is 9.90 Å². The van der Waals surface area contributed by atoms with Crippen LogP contribution < -0.4 is 11.1 Å². The van der Waals surface area contributed by atoms with Crippen molar-refractivity contribution in [3.05, 3.63) is 36.0 Å². The van der Waals surface area contributed by atoms with Gasteiger partial charge in [0.05, 0.1) is 0 Å². The molecule has 19 heavy (non-hydrogen) atoms. The van der Waals surface area contributed by atoms with Crippen LogP contribution in [-0.2, 0) is 4.79 Å². The number of nitrogens with two attached hydrogens (primary N) is 1. The van der Waals surface area contributed by atoms with Crippen LogP contribution in [0.3, 0.4) is 0 Å². The zero-order chi connectivity index (χ0) is 13.8. The minimum atomic E-state index is -0.741. The van der Waals surface area contributed by atoms with Crippen molar-refractivity contribution in [3.63, 3.8) is 0 Å². The third-order valence-electron chi connectivity index (χ3n) is 3.85. The lowest BCUT2D eigenvalue weighted by atomic mass is 9.77. The highest BCUT2D eigenvalue weighted by Gasteiger charge is 2.31. The monoisotopic (exact) mass is 262 g/mol. The molecule has 4 unspecified atom stereocenters.